The third-order valence-corrected chi connectivity index (χ3v) is 2.51. The topological polar surface area (TPSA) is 38.7 Å². The highest BCUT2D eigenvalue weighted by atomic mass is 16.7. The van der Waals surface area contributed by atoms with Gasteiger partial charge < -0.3 is 14.6 Å². The molecule has 1 aromatic carbocycles. The number of hydrogen-bond acceptors (Lipinski definition) is 3. The molecule has 1 aromatic rings. The van der Waals surface area contributed by atoms with Gasteiger partial charge in [0.25, 0.3) is 0 Å². The number of rotatable bonds is 2. The Morgan fingerprint density at radius 3 is 3.07 bits per heavy atom. The van der Waals surface area contributed by atoms with Gasteiger partial charge in [-0.25, -0.2) is 0 Å². The summed E-state index contributed by atoms with van der Waals surface area (Å²) < 4.78 is 10.9. The number of phenolic OH excluding ortho intramolecular Hbond substituents is 1. The zero-order valence-electron chi connectivity index (χ0n) is 8.41. The predicted octanol–water partition coefficient (Wildman–Crippen LogP) is 2.00. The van der Waals surface area contributed by atoms with E-state index in [2.05, 4.69) is 0 Å². The number of hydrogen-bond donors (Lipinski definition) is 1. The summed E-state index contributed by atoms with van der Waals surface area (Å²) in [6.45, 7) is 4.48. The molecule has 0 fully saturated rings. The fourth-order valence-corrected chi connectivity index (χ4v) is 1.71. The Balaban J connectivity index is 2.26. The van der Waals surface area contributed by atoms with Crippen molar-refractivity contribution >= 4 is 0 Å². The van der Waals surface area contributed by atoms with Crippen molar-refractivity contribution in [1.82, 2.24) is 0 Å². The molecule has 0 bridgehead atoms. The van der Waals surface area contributed by atoms with E-state index in [-0.39, 0.29) is 6.29 Å². The Bertz CT molecular complexity index is 347. The predicted molar refractivity (Wildman–Crippen MR) is 52.6 cm³/mol. The fraction of sp³-hybridized carbons (Fsp3) is 0.455. The number of phenols is 1. The first kappa shape index (κ1) is 9.34. The fourth-order valence-electron chi connectivity index (χ4n) is 1.71. The summed E-state index contributed by atoms with van der Waals surface area (Å²) >= 11 is 0. The van der Waals surface area contributed by atoms with Gasteiger partial charge in [-0.05, 0) is 31.5 Å². The smallest absolute Gasteiger partial charge is 0.204 e. The minimum atomic E-state index is -0.185. The number of benzene rings is 1. The molecule has 1 aliphatic rings. The lowest BCUT2D eigenvalue weighted by atomic mass is 10.1. The van der Waals surface area contributed by atoms with E-state index in [1.807, 2.05) is 13.8 Å². The highest BCUT2D eigenvalue weighted by Crippen LogP contribution is 2.35. The van der Waals surface area contributed by atoms with Crippen LogP contribution in [0.25, 0.3) is 0 Å². The lowest BCUT2D eigenvalue weighted by Gasteiger charge is -2.08. The highest BCUT2D eigenvalue weighted by Gasteiger charge is 2.25. The summed E-state index contributed by atoms with van der Waals surface area (Å²) in [5.74, 6) is 1.16. The molecule has 1 aliphatic heterocycles. The lowest BCUT2D eigenvalue weighted by Crippen LogP contribution is -2.17. The van der Waals surface area contributed by atoms with Crippen LogP contribution in [0.1, 0.15) is 18.1 Å². The Kier molecular flexibility index (Phi) is 2.33. The second-order valence-electron chi connectivity index (χ2n) is 3.39. The molecule has 3 heteroatoms. The summed E-state index contributed by atoms with van der Waals surface area (Å²) in [5, 5.41) is 9.50. The zero-order chi connectivity index (χ0) is 10.1. The van der Waals surface area contributed by atoms with Crippen LogP contribution in [0.3, 0.4) is 0 Å². The van der Waals surface area contributed by atoms with Crippen LogP contribution in [0.5, 0.6) is 11.5 Å². The first-order valence-electron chi connectivity index (χ1n) is 4.82. The molecule has 0 aromatic heterocycles. The van der Waals surface area contributed by atoms with Crippen LogP contribution >= 0.6 is 0 Å². The molecular formula is C11H14O3. The third kappa shape index (κ3) is 1.44. The second kappa shape index (κ2) is 3.50. The van der Waals surface area contributed by atoms with Crippen molar-refractivity contribution < 1.29 is 14.6 Å². The third-order valence-electron chi connectivity index (χ3n) is 2.51. The van der Waals surface area contributed by atoms with E-state index in [0.717, 1.165) is 23.3 Å². The number of aromatic hydroxyl groups is 1. The van der Waals surface area contributed by atoms with Gasteiger partial charge in [0.15, 0.2) is 0 Å². The summed E-state index contributed by atoms with van der Waals surface area (Å²) in [7, 11) is 0. The summed E-state index contributed by atoms with van der Waals surface area (Å²) in [6, 6.07) is 3.44. The van der Waals surface area contributed by atoms with E-state index in [4.69, 9.17) is 9.47 Å². The van der Waals surface area contributed by atoms with E-state index in [1.54, 1.807) is 12.1 Å². The maximum Gasteiger partial charge on any atom is 0.204 e. The number of fused-ring (bicyclic) bond motifs is 1. The Hall–Kier alpha value is -1.22. The quantitative estimate of drug-likeness (QED) is 0.782. The molecule has 1 unspecified atom stereocenters. The minimum Gasteiger partial charge on any atom is -0.508 e. The summed E-state index contributed by atoms with van der Waals surface area (Å²) in [5.41, 5.74) is 1.95. The van der Waals surface area contributed by atoms with Gasteiger partial charge in [0, 0.05) is 18.6 Å². The van der Waals surface area contributed by atoms with Crippen molar-refractivity contribution in [3.63, 3.8) is 0 Å². The highest BCUT2D eigenvalue weighted by molar-refractivity contribution is 5.49. The minimum absolute atomic E-state index is 0.185. The van der Waals surface area contributed by atoms with Gasteiger partial charge in [0.2, 0.25) is 6.29 Å². The monoisotopic (exact) mass is 194 g/mol. The molecular weight excluding hydrogens is 180 g/mol. The lowest BCUT2D eigenvalue weighted by molar-refractivity contribution is -0.0602. The first-order valence-corrected chi connectivity index (χ1v) is 4.82. The maximum absolute atomic E-state index is 9.50. The molecule has 0 aliphatic carbocycles. The van der Waals surface area contributed by atoms with E-state index < -0.39 is 0 Å². The summed E-state index contributed by atoms with van der Waals surface area (Å²) in [6.07, 6.45) is 0.541. The standard InChI is InChI=1S/C11H14O3/c1-3-13-11-6-8-7(2)9(12)4-5-10(8)14-11/h4-5,11-12H,3,6H2,1-2H3. The van der Waals surface area contributed by atoms with E-state index in [9.17, 15) is 5.11 Å². The van der Waals surface area contributed by atoms with E-state index in [1.165, 1.54) is 0 Å². The molecule has 3 nitrogen and oxygen atoms in total. The summed E-state index contributed by atoms with van der Waals surface area (Å²) in [4.78, 5) is 0. The Labute approximate surface area is 83.3 Å². The average molecular weight is 194 g/mol. The average Bonchev–Trinajstić information content (AvgIpc) is 2.56. The van der Waals surface area contributed by atoms with E-state index >= 15 is 0 Å². The van der Waals surface area contributed by atoms with Crippen LogP contribution in [-0.2, 0) is 11.2 Å². The van der Waals surface area contributed by atoms with Crippen molar-refractivity contribution in [1.29, 1.82) is 0 Å². The molecule has 14 heavy (non-hydrogen) atoms. The van der Waals surface area contributed by atoms with Crippen molar-refractivity contribution in [3.05, 3.63) is 23.3 Å². The van der Waals surface area contributed by atoms with Gasteiger partial charge in [-0.15, -0.1) is 0 Å². The van der Waals surface area contributed by atoms with Crippen LogP contribution in [-0.4, -0.2) is 18.0 Å². The zero-order valence-corrected chi connectivity index (χ0v) is 8.41. The van der Waals surface area contributed by atoms with E-state index in [0.29, 0.717) is 12.4 Å². The molecule has 0 amide bonds. The largest absolute Gasteiger partial charge is 0.508 e. The van der Waals surface area contributed by atoms with Gasteiger partial charge in [0.05, 0.1) is 0 Å². The van der Waals surface area contributed by atoms with Crippen molar-refractivity contribution in [2.45, 2.75) is 26.6 Å². The normalized spacial score (nSPS) is 19.1. The Morgan fingerprint density at radius 2 is 2.36 bits per heavy atom. The van der Waals surface area contributed by atoms with Crippen LogP contribution in [0.15, 0.2) is 12.1 Å². The van der Waals surface area contributed by atoms with Crippen molar-refractivity contribution in [2.24, 2.45) is 0 Å². The van der Waals surface area contributed by atoms with Crippen molar-refractivity contribution in [3.8, 4) is 11.5 Å². The maximum atomic E-state index is 9.50. The molecule has 0 spiro atoms. The molecule has 0 saturated heterocycles. The molecule has 1 atom stereocenters. The molecule has 1 heterocycles. The van der Waals surface area contributed by atoms with Gasteiger partial charge in [-0.2, -0.15) is 0 Å². The van der Waals surface area contributed by atoms with Gasteiger partial charge in [-0.1, -0.05) is 0 Å². The molecule has 0 saturated carbocycles. The van der Waals surface area contributed by atoms with Crippen LogP contribution < -0.4 is 4.74 Å². The first-order chi connectivity index (χ1) is 6.72. The van der Waals surface area contributed by atoms with Crippen LogP contribution in [0.4, 0.5) is 0 Å². The van der Waals surface area contributed by atoms with Crippen LogP contribution in [0, 0.1) is 6.92 Å². The van der Waals surface area contributed by atoms with Gasteiger partial charge >= 0.3 is 0 Å². The second-order valence-corrected chi connectivity index (χ2v) is 3.39. The SMILES string of the molecule is CCOC1Cc2c(ccc(O)c2C)O1. The molecule has 76 valence electrons. The molecule has 1 N–H and O–H groups in total. The molecule has 0 radical (unpaired) electrons. The van der Waals surface area contributed by atoms with Gasteiger partial charge in [-0.3, -0.25) is 0 Å². The molecule has 2 rings (SSSR count). The van der Waals surface area contributed by atoms with Crippen LogP contribution in [0.2, 0.25) is 0 Å². The number of ether oxygens (including phenoxy) is 2. The van der Waals surface area contributed by atoms with Gasteiger partial charge in [0.1, 0.15) is 11.5 Å². The van der Waals surface area contributed by atoms with Crippen molar-refractivity contribution in [2.75, 3.05) is 6.61 Å². The Morgan fingerprint density at radius 1 is 1.57 bits per heavy atom.